The third kappa shape index (κ3) is 5.47. The molecule has 2 rings (SSSR count). The highest BCUT2D eigenvalue weighted by Crippen LogP contribution is 2.43. The van der Waals surface area contributed by atoms with Crippen molar-refractivity contribution in [1.82, 2.24) is 0 Å². The van der Waals surface area contributed by atoms with Crippen LogP contribution in [0.15, 0.2) is 30.3 Å². The van der Waals surface area contributed by atoms with Crippen molar-refractivity contribution in [2.24, 2.45) is 0 Å². The van der Waals surface area contributed by atoms with Crippen molar-refractivity contribution in [3.63, 3.8) is 0 Å². The van der Waals surface area contributed by atoms with E-state index in [9.17, 15) is 25.0 Å². The lowest BCUT2D eigenvalue weighted by Crippen LogP contribution is -2.04. The molecule has 0 aromatic heterocycles. The SMILES string of the molecule is COc1cc([18O]c2ccc([N+](=O)[O-])cc2[N+](=O)[O-])cc(OC)c1OCCCC(=O)O. The first-order chi connectivity index (χ1) is 14.3. The first-order valence-electron chi connectivity index (χ1n) is 8.48. The van der Waals surface area contributed by atoms with Gasteiger partial charge in [-0.3, -0.25) is 25.0 Å². The van der Waals surface area contributed by atoms with Crippen molar-refractivity contribution in [2.75, 3.05) is 20.8 Å². The minimum atomic E-state index is -0.953. The minimum Gasteiger partial charge on any atom is -0.493 e. The van der Waals surface area contributed by atoms with Gasteiger partial charge in [0.25, 0.3) is 5.69 Å². The molecule has 0 bridgehead atoms. The maximum Gasteiger partial charge on any atom is 0.318 e. The Bertz CT molecular complexity index is 935. The first-order valence-corrected chi connectivity index (χ1v) is 8.48. The molecule has 0 amide bonds. The van der Waals surface area contributed by atoms with Gasteiger partial charge in [-0.25, -0.2) is 0 Å². The van der Waals surface area contributed by atoms with Crippen LogP contribution in [0.3, 0.4) is 0 Å². The maximum atomic E-state index is 11.3. The molecule has 0 spiro atoms. The van der Waals surface area contributed by atoms with Crippen LogP contribution in [-0.4, -0.2) is 41.7 Å². The molecule has 0 aliphatic heterocycles. The number of carboxylic acid groups (broad SMARTS) is 1. The molecular weight excluding hydrogens is 406 g/mol. The smallest absolute Gasteiger partial charge is 0.318 e. The topological polar surface area (TPSA) is 160 Å². The summed E-state index contributed by atoms with van der Waals surface area (Å²) in [7, 11) is 2.72. The Balaban J connectivity index is 2.34. The molecule has 0 aliphatic rings. The molecule has 2 aromatic carbocycles. The number of hydrogen-bond donors (Lipinski definition) is 1. The number of aliphatic carboxylic acids is 1. The zero-order valence-corrected chi connectivity index (χ0v) is 16.0. The van der Waals surface area contributed by atoms with Gasteiger partial charge in [-0.2, -0.15) is 0 Å². The molecule has 12 heteroatoms. The fourth-order valence-electron chi connectivity index (χ4n) is 2.43. The van der Waals surface area contributed by atoms with E-state index in [2.05, 4.69) is 0 Å². The highest BCUT2D eigenvalue weighted by Gasteiger charge is 2.23. The predicted molar refractivity (Wildman–Crippen MR) is 102 cm³/mol. The number of benzene rings is 2. The summed E-state index contributed by atoms with van der Waals surface area (Å²) in [4.78, 5) is 31.2. The van der Waals surface area contributed by atoms with E-state index in [1.54, 1.807) is 0 Å². The fourth-order valence-corrected chi connectivity index (χ4v) is 2.43. The van der Waals surface area contributed by atoms with E-state index in [1.807, 2.05) is 0 Å². The van der Waals surface area contributed by atoms with Gasteiger partial charge in [0.2, 0.25) is 11.5 Å². The second-order valence-electron chi connectivity index (χ2n) is 5.77. The summed E-state index contributed by atoms with van der Waals surface area (Å²) in [6.45, 7) is 0.0903. The van der Waals surface area contributed by atoms with Crippen LogP contribution in [0, 0.1) is 20.2 Å². The minimum absolute atomic E-state index is 0.0738. The molecule has 12 nitrogen and oxygen atoms in total. The maximum absolute atomic E-state index is 11.3. The van der Waals surface area contributed by atoms with Crippen molar-refractivity contribution >= 4 is 17.3 Å². The Hall–Kier alpha value is -4.09. The third-order valence-corrected chi connectivity index (χ3v) is 3.79. The standard InChI is InChI=1S/C18H18N2O10/c1-27-15-9-12(10-16(28-2)18(15)29-7-3-4-17(21)22)30-14-6-5-11(19(23)24)8-13(14)20(25)26/h5-6,8-10H,3-4,7H2,1-2H3,(H,21,22)/i30+2. The van der Waals surface area contributed by atoms with E-state index in [1.165, 1.54) is 26.4 Å². The number of nitro groups is 2. The third-order valence-electron chi connectivity index (χ3n) is 3.79. The van der Waals surface area contributed by atoms with E-state index in [4.69, 9.17) is 24.1 Å². The number of nitrogens with zero attached hydrogens (tertiary/aromatic N) is 2. The second-order valence-corrected chi connectivity index (χ2v) is 5.77. The number of ether oxygens (including phenoxy) is 4. The van der Waals surface area contributed by atoms with Gasteiger partial charge < -0.3 is 24.1 Å². The quantitative estimate of drug-likeness (QED) is 0.244. The van der Waals surface area contributed by atoms with E-state index in [0.29, 0.717) is 0 Å². The molecule has 0 atom stereocenters. The zero-order valence-electron chi connectivity index (χ0n) is 16.0. The van der Waals surface area contributed by atoms with Crippen molar-refractivity contribution in [3.8, 4) is 28.7 Å². The summed E-state index contributed by atoms with van der Waals surface area (Å²) in [5.41, 5.74) is -1.04. The Morgan fingerprint density at radius 2 is 1.70 bits per heavy atom. The van der Waals surface area contributed by atoms with E-state index in [0.717, 1.165) is 18.2 Å². The Morgan fingerprint density at radius 1 is 1.07 bits per heavy atom. The molecule has 0 fully saturated rings. The summed E-state index contributed by atoms with van der Waals surface area (Å²) in [6, 6.07) is 5.77. The van der Waals surface area contributed by atoms with Gasteiger partial charge in [0.05, 0.1) is 36.7 Å². The van der Waals surface area contributed by atoms with Gasteiger partial charge in [-0.05, 0) is 12.5 Å². The highest BCUT2D eigenvalue weighted by molar-refractivity contribution is 5.66. The Kier molecular flexibility index (Phi) is 7.33. The lowest BCUT2D eigenvalue weighted by molar-refractivity contribution is -0.394. The molecule has 1 N–H and O–H groups in total. The van der Waals surface area contributed by atoms with Gasteiger partial charge in [-0.15, -0.1) is 0 Å². The van der Waals surface area contributed by atoms with Crippen molar-refractivity contribution in [1.29, 1.82) is 0 Å². The summed E-state index contributed by atoms with van der Waals surface area (Å²) in [5.74, 6) is -0.501. The number of hydrogen-bond acceptors (Lipinski definition) is 9. The monoisotopic (exact) mass is 424 g/mol. The molecule has 0 unspecified atom stereocenters. The molecule has 0 aliphatic carbocycles. The number of nitro benzene ring substituents is 2. The number of rotatable bonds is 11. The van der Waals surface area contributed by atoms with Gasteiger partial charge in [-0.1, -0.05) is 0 Å². The van der Waals surface area contributed by atoms with E-state index >= 15 is 0 Å². The number of methoxy groups -OCH3 is 2. The van der Waals surface area contributed by atoms with Gasteiger partial charge in [0.15, 0.2) is 11.5 Å². The van der Waals surface area contributed by atoms with Gasteiger partial charge in [0, 0.05) is 24.6 Å². The van der Waals surface area contributed by atoms with Crippen LogP contribution < -0.4 is 18.9 Å². The van der Waals surface area contributed by atoms with Crippen LogP contribution in [-0.2, 0) is 4.79 Å². The van der Waals surface area contributed by atoms with Gasteiger partial charge >= 0.3 is 11.7 Å². The summed E-state index contributed by atoms with van der Waals surface area (Å²) >= 11 is 0. The number of non-ortho nitro benzene ring substituents is 1. The summed E-state index contributed by atoms with van der Waals surface area (Å²) in [6.07, 6.45) is 0.185. The molecule has 30 heavy (non-hydrogen) atoms. The molecule has 0 saturated heterocycles. The number of carbonyl (C=O) groups is 1. The molecule has 160 valence electrons. The molecule has 2 aromatic rings. The lowest BCUT2D eigenvalue weighted by Gasteiger charge is -2.16. The van der Waals surface area contributed by atoms with E-state index in [-0.39, 0.29) is 48.2 Å². The fraction of sp³-hybridized carbons (Fsp3) is 0.278. The summed E-state index contributed by atoms with van der Waals surface area (Å²) in [5, 5.41) is 30.8. The van der Waals surface area contributed by atoms with E-state index < -0.39 is 27.2 Å². The Morgan fingerprint density at radius 3 is 2.20 bits per heavy atom. The van der Waals surface area contributed by atoms with Crippen LogP contribution in [0.1, 0.15) is 12.8 Å². The van der Waals surface area contributed by atoms with Crippen molar-refractivity contribution in [2.45, 2.75) is 12.8 Å². The molecule has 0 heterocycles. The highest BCUT2D eigenvalue weighted by atomic mass is 18.3. The van der Waals surface area contributed by atoms with Gasteiger partial charge in [0.1, 0.15) is 5.75 Å². The van der Waals surface area contributed by atoms with Crippen LogP contribution >= 0.6 is 0 Å². The van der Waals surface area contributed by atoms with Crippen LogP contribution in [0.2, 0.25) is 0 Å². The molecule has 0 saturated carbocycles. The van der Waals surface area contributed by atoms with Crippen molar-refractivity contribution < 1.29 is 38.7 Å². The van der Waals surface area contributed by atoms with Crippen LogP contribution in [0.25, 0.3) is 0 Å². The average molecular weight is 424 g/mol. The molecule has 0 radical (unpaired) electrons. The second kappa shape index (κ2) is 9.91. The summed E-state index contributed by atoms with van der Waals surface area (Å²) < 4.78 is 21.6. The van der Waals surface area contributed by atoms with Crippen LogP contribution in [0.4, 0.5) is 11.4 Å². The zero-order chi connectivity index (χ0) is 22.3. The van der Waals surface area contributed by atoms with Crippen molar-refractivity contribution in [3.05, 3.63) is 50.6 Å². The lowest BCUT2D eigenvalue weighted by atomic mass is 10.2. The number of carboxylic acids is 1. The first kappa shape index (κ1) is 22.2. The largest absolute Gasteiger partial charge is 0.493 e. The molecular formula is C18H18N2O10. The average Bonchev–Trinajstić information content (AvgIpc) is 2.70. The Labute approximate surface area is 169 Å². The predicted octanol–water partition coefficient (Wildman–Crippen LogP) is 3.56. The normalized spacial score (nSPS) is 10.2. The van der Waals surface area contributed by atoms with Crippen LogP contribution in [0.5, 0.6) is 28.7 Å².